The van der Waals surface area contributed by atoms with Crippen LogP contribution in [-0.2, 0) is 4.79 Å². The molecule has 1 aromatic rings. The molecule has 1 heteroatoms. The van der Waals surface area contributed by atoms with E-state index in [-0.39, 0.29) is 5.92 Å². The maximum Gasteiger partial charge on any atom is 0.140 e. The second-order valence-electron chi connectivity index (χ2n) is 4.96. The first-order valence-corrected chi connectivity index (χ1v) is 6.06. The van der Waals surface area contributed by atoms with Crippen LogP contribution in [0.2, 0.25) is 0 Å². The lowest BCUT2D eigenvalue weighted by molar-refractivity contribution is -0.124. The van der Waals surface area contributed by atoms with Crippen LogP contribution in [0.5, 0.6) is 0 Å². The van der Waals surface area contributed by atoms with Gasteiger partial charge in [0.1, 0.15) is 5.78 Å². The smallest absolute Gasteiger partial charge is 0.140 e. The van der Waals surface area contributed by atoms with Gasteiger partial charge in [-0.15, -0.1) is 0 Å². The average Bonchev–Trinajstić information content (AvgIpc) is 2.32. The number of rotatable bonds is 1. The van der Waals surface area contributed by atoms with Crippen LogP contribution in [0.4, 0.5) is 0 Å². The fraction of sp³-hybridized carbons (Fsp3) is 0.400. The summed E-state index contributed by atoms with van der Waals surface area (Å²) < 4.78 is 0. The standard InChI is InChI=1S/C15H16O/c1-10-12-7-8-13(14(16)9-12)15(10)11-5-3-2-4-6-11/h2-6,12-13H,7-9H2,1H3. The number of hydrogen-bond donors (Lipinski definition) is 0. The molecule has 0 spiro atoms. The van der Waals surface area contributed by atoms with Crippen LogP contribution in [0, 0.1) is 11.8 Å². The molecule has 0 saturated heterocycles. The molecule has 0 heterocycles. The minimum atomic E-state index is 0.187. The second-order valence-corrected chi connectivity index (χ2v) is 4.96. The van der Waals surface area contributed by atoms with Crippen molar-refractivity contribution in [2.45, 2.75) is 26.2 Å². The lowest BCUT2D eigenvalue weighted by Crippen LogP contribution is -2.32. The summed E-state index contributed by atoms with van der Waals surface area (Å²) in [6.07, 6.45) is 3.05. The third-order valence-electron chi connectivity index (χ3n) is 4.11. The van der Waals surface area contributed by atoms with E-state index < -0.39 is 0 Å². The van der Waals surface area contributed by atoms with Gasteiger partial charge in [-0.2, -0.15) is 0 Å². The predicted octanol–water partition coefficient (Wildman–Crippen LogP) is 3.46. The van der Waals surface area contributed by atoms with Crippen molar-refractivity contribution in [3.8, 4) is 0 Å². The van der Waals surface area contributed by atoms with E-state index in [1.165, 1.54) is 23.1 Å². The molecule has 0 aromatic heterocycles. The molecule has 0 amide bonds. The Morgan fingerprint density at radius 2 is 1.88 bits per heavy atom. The fourth-order valence-electron chi connectivity index (χ4n) is 3.23. The maximum absolute atomic E-state index is 12.0. The molecule has 3 aliphatic carbocycles. The molecule has 0 N–H and O–H groups in total. The summed E-state index contributed by atoms with van der Waals surface area (Å²) in [6.45, 7) is 2.21. The van der Waals surface area contributed by atoms with Gasteiger partial charge in [0, 0.05) is 12.3 Å². The Bertz CT molecular complexity index is 456. The molecule has 2 atom stereocenters. The van der Waals surface area contributed by atoms with Crippen molar-refractivity contribution in [2.24, 2.45) is 11.8 Å². The number of allylic oxidation sites excluding steroid dienone is 2. The zero-order chi connectivity index (χ0) is 11.1. The van der Waals surface area contributed by atoms with Crippen LogP contribution in [0.15, 0.2) is 35.9 Å². The first kappa shape index (κ1) is 9.83. The highest BCUT2D eigenvalue weighted by molar-refractivity contribution is 5.97. The number of carbonyl (C=O) groups is 1. The van der Waals surface area contributed by atoms with Crippen molar-refractivity contribution in [1.82, 2.24) is 0 Å². The first-order chi connectivity index (χ1) is 7.77. The van der Waals surface area contributed by atoms with E-state index >= 15 is 0 Å². The monoisotopic (exact) mass is 212 g/mol. The number of Topliss-reactive ketones (excluding diaryl/α,β-unsaturated/α-hetero) is 1. The molecule has 1 nitrogen and oxygen atoms in total. The fourth-order valence-corrected chi connectivity index (χ4v) is 3.23. The van der Waals surface area contributed by atoms with Gasteiger partial charge in [-0.05, 0) is 36.8 Å². The third kappa shape index (κ3) is 1.35. The van der Waals surface area contributed by atoms with Gasteiger partial charge in [0.05, 0.1) is 0 Å². The highest BCUT2D eigenvalue weighted by Crippen LogP contribution is 2.47. The van der Waals surface area contributed by atoms with E-state index in [2.05, 4.69) is 31.2 Å². The summed E-state index contributed by atoms with van der Waals surface area (Å²) in [5.41, 5.74) is 4.04. The summed E-state index contributed by atoms with van der Waals surface area (Å²) in [5.74, 6) is 1.17. The predicted molar refractivity (Wildman–Crippen MR) is 64.9 cm³/mol. The SMILES string of the molecule is CC1=C(c2ccccc2)C2CCC1CC2=O. The first-order valence-electron chi connectivity index (χ1n) is 6.06. The van der Waals surface area contributed by atoms with Crippen molar-refractivity contribution in [3.63, 3.8) is 0 Å². The van der Waals surface area contributed by atoms with Gasteiger partial charge in [0.2, 0.25) is 0 Å². The molecule has 0 radical (unpaired) electrons. The highest BCUT2D eigenvalue weighted by Gasteiger charge is 2.39. The van der Waals surface area contributed by atoms with Crippen molar-refractivity contribution in [3.05, 3.63) is 41.5 Å². The zero-order valence-electron chi connectivity index (χ0n) is 9.57. The van der Waals surface area contributed by atoms with Gasteiger partial charge < -0.3 is 0 Å². The topological polar surface area (TPSA) is 17.1 Å². The number of carbonyl (C=O) groups excluding carboxylic acids is 1. The van der Waals surface area contributed by atoms with Crippen molar-refractivity contribution in [1.29, 1.82) is 0 Å². The summed E-state index contributed by atoms with van der Waals surface area (Å²) in [6, 6.07) is 10.4. The summed E-state index contributed by atoms with van der Waals surface area (Å²) in [7, 11) is 0. The molecule has 1 saturated carbocycles. The van der Waals surface area contributed by atoms with Crippen LogP contribution in [0.25, 0.3) is 5.57 Å². The van der Waals surface area contributed by atoms with E-state index in [1.54, 1.807) is 0 Å². The average molecular weight is 212 g/mol. The van der Waals surface area contributed by atoms with E-state index in [0.717, 1.165) is 12.8 Å². The highest BCUT2D eigenvalue weighted by atomic mass is 16.1. The Hall–Kier alpha value is -1.37. The van der Waals surface area contributed by atoms with Crippen LogP contribution in [-0.4, -0.2) is 5.78 Å². The second kappa shape index (κ2) is 3.58. The molecule has 2 bridgehead atoms. The van der Waals surface area contributed by atoms with Gasteiger partial charge in [-0.25, -0.2) is 0 Å². The van der Waals surface area contributed by atoms with Gasteiger partial charge in [0.15, 0.2) is 0 Å². The number of benzene rings is 1. The van der Waals surface area contributed by atoms with E-state index in [9.17, 15) is 4.79 Å². The molecule has 82 valence electrons. The molecule has 1 fully saturated rings. The quantitative estimate of drug-likeness (QED) is 0.696. The van der Waals surface area contributed by atoms with E-state index in [1.807, 2.05) is 6.07 Å². The number of hydrogen-bond acceptors (Lipinski definition) is 1. The Morgan fingerprint density at radius 1 is 1.12 bits per heavy atom. The molecular weight excluding hydrogens is 196 g/mol. The van der Waals surface area contributed by atoms with E-state index in [4.69, 9.17) is 0 Å². The van der Waals surface area contributed by atoms with Gasteiger partial charge in [-0.3, -0.25) is 4.79 Å². The molecule has 4 rings (SSSR count). The lowest BCUT2D eigenvalue weighted by Gasteiger charge is -2.38. The van der Waals surface area contributed by atoms with Crippen molar-refractivity contribution >= 4 is 11.4 Å². The summed E-state index contributed by atoms with van der Waals surface area (Å²) in [5, 5.41) is 0. The van der Waals surface area contributed by atoms with Gasteiger partial charge in [0.25, 0.3) is 0 Å². The summed E-state index contributed by atoms with van der Waals surface area (Å²) in [4.78, 5) is 12.0. The number of fused-ring (bicyclic) bond motifs is 2. The zero-order valence-corrected chi connectivity index (χ0v) is 9.57. The molecular formula is C15H16O. The molecule has 16 heavy (non-hydrogen) atoms. The van der Waals surface area contributed by atoms with Crippen molar-refractivity contribution < 1.29 is 4.79 Å². The normalized spacial score (nSPS) is 28.7. The Kier molecular flexibility index (Phi) is 2.20. The van der Waals surface area contributed by atoms with Crippen LogP contribution in [0.1, 0.15) is 31.7 Å². The minimum absolute atomic E-state index is 0.187. The third-order valence-corrected chi connectivity index (χ3v) is 4.11. The van der Waals surface area contributed by atoms with Crippen LogP contribution >= 0.6 is 0 Å². The van der Waals surface area contributed by atoms with Gasteiger partial charge in [-0.1, -0.05) is 35.9 Å². The molecule has 1 aromatic carbocycles. The van der Waals surface area contributed by atoms with E-state index in [0.29, 0.717) is 11.7 Å². The Labute approximate surface area is 96.2 Å². The van der Waals surface area contributed by atoms with Gasteiger partial charge >= 0.3 is 0 Å². The molecule has 2 unspecified atom stereocenters. The minimum Gasteiger partial charge on any atom is -0.299 e. The van der Waals surface area contributed by atoms with Crippen LogP contribution in [0.3, 0.4) is 0 Å². The maximum atomic E-state index is 12.0. The molecule has 0 aliphatic heterocycles. The van der Waals surface area contributed by atoms with Crippen molar-refractivity contribution in [2.75, 3.05) is 0 Å². The van der Waals surface area contributed by atoms with Crippen LogP contribution < -0.4 is 0 Å². The Balaban J connectivity index is 2.13. The number of ketones is 1. The summed E-state index contributed by atoms with van der Waals surface area (Å²) >= 11 is 0. The molecule has 3 aliphatic rings. The Morgan fingerprint density at radius 3 is 2.56 bits per heavy atom. The largest absolute Gasteiger partial charge is 0.299 e. The lowest BCUT2D eigenvalue weighted by atomic mass is 9.65.